The van der Waals surface area contributed by atoms with Crippen LogP contribution in [0.15, 0.2) is 34.8 Å². The first-order chi connectivity index (χ1) is 10.0. The molecule has 0 aromatic heterocycles. The predicted molar refractivity (Wildman–Crippen MR) is 79.4 cm³/mol. The highest BCUT2D eigenvalue weighted by Gasteiger charge is 2.17. The van der Waals surface area contributed by atoms with Crippen LogP contribution in [0.25, 0.3) is 0 Å². The Morgan fingerprint density at radius 3 is 2.81 bits per heavy atom. The lowest BCUT2D eigenvalue weighted by atomic mass is 10.1. The minimum Gasteiger partial charge on any atom is -0.454 e. The number of benzene rings is 2. The monoisotopic (exact) mass is 351 g/mol. The number of carbonyl (C=O) groups is 1. The highest BCUT2D eigenvalue weighted by molar-refractivity contribution is 9.10. The van der Waals surface area contributed by atoms with Gasteiger partial charge in [-0.15, -0.1) is 0 Å². The van der Waals surface area contributed by atoms with Gasteiger partial charge in [-0.2, -0.15) is 0 Å². The number of fused-ring (bicyclic) bond motifs is 1. The Kier molecular flexibility index (Phi) is 3.55. The van der Waals surface area contributed by atoms with E-state index < -0.39 is 5.82 Å². The topological polar surface area (TPSA) is 47.6 Å². The van der Waals surface area contributed by atoms with E-state index in [0.29, 0.717) is 27.2 Å². The molecule has 0 saturated carbocycles. The SMILES string of the molecule is Cc1cc(Br)c(F)cc1NC(=O)c1ccc2c(c1)OCO2. The van der Waals surface area contributed by atoms with Crippen LogP contribution in [0, 0.1) is 12.7 Å². The van der Waals surface area contributed by atoms with Gasteiger partial charge < -0.3 is 14.8 Å². The van der Waals surface area contributed by atoms with E-state index in [-0.39, 0.29) is 12.7 Å². The normalized spacial score (nSPS) is 12.3. The number of halogens is 2. The van der Waals surface area contributed by atoms with Crippen LogP contribution in [0.5, 0.6) is 11.5 Å². The number of rotatable bonds is 2. The van der Waals surface area contributed by atoms with E-state index in [1.807, 2.05) is 0 Å². The number of amides is 1. The molecule has 108 valence electrons. The molecule has 3 rings (SSSR count). The molecule has 2 aromatic rings. The Morgan fingerprint density at radius 1 is 1.24 bits per heavy atom. The third-order valence-electron chi connectivity index (χ3n) is 3.15. The number of hydrogen-bond donors (Lipinski definition) is 1. The molecule has 21 heavy (non-hydrogen) atoms. The van der Waals surface area contributed by atoms with Crippen molar-refractivity contribution in [1.29, 1.82) is 0 Å². The van der Waals surface area contributed by atoms with Crippen LogP contribution >= 0.6 is 15.9 Å². The van der Waals surface area contributed by atoms with Gasteiger partial charge in [-0.1, -0.05) is 0 Å². The van der Waals surface area contributed by atoms with Gasteiger partial charge >= 0.3 is 0 Å². The average Bonchev–Trinajstić information content (AvgIpc) is 2.92. The number of hydrogen-bond acceptors (Lipinski definition) is 3. The fraction of sp³-hybridized carbons (Fsp3) is 0.133. The molecule has 0 spiro atoms. The molecular formula is C15H11BrFNO3. The zero-order valence-corrected chi connectivity index (χ0v) is 12.7. The molecule has 0 fully saturated rings. The van der Waals surface area contributed by atoms with Gasteiger partial charge in [-0.05, 0) is 58.7 Å². The predicted octanol–water partition coefficient (Wildman–Crippen LogP) is 3.88. The molecule has 1 aliphatic heterocycles. The largest absolute Gasteiger partial charge is 0.454 e. The second kappa shape index (κ2) is 5.37. The summed E-state index contributed by atoms with van der Waals surface area (Å²) < 4.78 is 24.3. The van der Waals surface area contributed by atoms with Gasteiger partial charge in [0.1, 0.15) is 5.82 Å². The minimum absolute atomic E-state index is 0.150. The Bertz CT molecular complexity index is 733. The molecule has 0 atom stereocenters. The standard InChI is InChI=1S/C15H11BrFNO3/c1-8-4-10(16)11(17)6-12(8)18-15(19)9-2-3-13-14(5-9)21-7-20-13/h2-6H,7H2,1H3,(H,18,19). The first-order valence-corrected chi connectivity index (χ1v) is 7.00. The molecule has 0 aliphatic carbocycles. The van der Waals surface area contributed by atoms with Crippen molar-refractivity contribution < 1.29 is 18.7 Å². The molecule has 4 nitrogen and oxygen atoms in total. The van der Waals surface area contributed by atoms with E-state index in [9.17, 15) is 9.18 Å². The summed E-state index contributed by atoms with van der Waals surface area (Å²) in [6, 6.07) is 7.80. The lowest BCUT2D eigenvalue weighted by Gasteiger charge is -2.10. The van der Waals surface area contributed by atoms with E-state index in [1.54, 1.807) is 31.2 Å². The molecule has 1 amide bonds. The van der Waals surface area contributed by atoms with Crippen LogP contribution in [0.4, 0.5) is 10.1 Å². The Balaban J connectivity index is 1.85. The van der Waals surface area contributed by atoms with Crippen molar-refractivity contribution in [3.63, 3.8) is 0 Å². The van der Waals surface area contributed by atoms with Gasteiger partial charge in [-0.25, -0.2) is 4.39 Å². The highest BCUT2D eigenvalue weighted by Crippen LogP contribution is 2.33. The molecule has 0 radical (unpaired) electrons. The average molecular weight is 352 g/mol. The second-order valence-corrected chi connectivity index (χ2v) is 5.46. The van der Waals surface area contributed by atoms with Crippen molar-refractivity contribution in [3.8, 4) is 11.5 Å². The first kappa shape index (κ1) is 13.9. The first-order valence-electron chi connectivity index (χ1n) is 6.21. The number of ether oxygens (including phenoxy) is 2. The van der Waals surface area contributed by atoms with Crippen LogP contribution in [0.2, 0.25) is 0 Å². The molecule has 6 heteroatoms. The van der Waals surface area contributed by atoms with Crippen molar-refractivity contribution in [2.24, 2.45) is 0 Å². The maximum atomic E-state index is 13.6. The maximum Gasteiger partial charge on any atom is 0.255 e. The number of nitrogens with one attached hydrogen (secondary N) is 1. The smallest absolute Gasteiger partial charge is 0.255 e. The molecule has 1 N–H and O–H groups in total. The number of carbonyl (C=O) groups excluding carboxylic acids is 1. The van der Waals surface area contributed by atoms with Gasteiger partial charge in [0.15, 0.2) is 11.5 Å². The van der Waals surface area contributed by atoms with E-state index in [2.05, 4.69) is 21.2 Å². The maximum absolute atomic E-state index is 13.6. The van der Waals surface area contributed by atoms with Crippen molar-refractivity contribution >= 4 is 27.5 Å². The Hall–Kier alpha value is -2.08. The molecule has 2 aromatic carbocycles. The Morgan fingerprint density at radius 2 is 2.00 bits per heavy atom. The van der Waals surface area contributed by atoms with Crippen LogP contribution in [-0.2, 0) is 0 Å². The van der Waals surface area contributed by atoms with Gasteiger partial charge in [0.05, 0.1) is 4.47 Å². The summed E-state index contributed by atoms with van der Waals surface area (Å²) in [5, 5.41) is 2.69. The summed E-state index contributed by atoms with van der Waals surface area (Å²) in [7, 11) is 0. The lowest BCUT2D eigenvalue weighted by molar-refractivity contribution is 0.102. The molecule has 1 heterocycles. The fourth-order valence-corrected chi connectivity index (χ4v) is 2.47. The third-order valence-corrected chi connectivity index (χ3v) is 3.76. The van der Waals surface area contributed by atoms with Crippen molar-refractivity contribution in [2.75, 3.05) is 12.1 Å². The summed E-state index contributed by atoms with van der Waals surface area (Å²) >= 11 is 3.11. The Labute approximate surface area is 129 Å². The van der Waals surface area contributed by atoms with Gasteiger partial charge in [-0.3, -0.25) is 4.79 Å². The summed E-state index contributed by atoms with van der Waals surface area (Å²) in [5.41, 5.74) is 1.61. The second-order valence-electron chi connectivity index (χ2n) is 4.60. The summed E-state index contributed by atoms with van der Waals surface area (Å²) in [6.45, 7) is 1.94. The third kappa shape index (κ3) is 2.71. The van der Waals surface area contributed by atoms with Crippen molar-refractivity contribution in [3.05, 3.63) is 51.7 Å². The summed E-state index contributed by atoms with van der Waals surface area (Å²) in [6.07, 6.45) is 0. The van der Waals surface area contributed by atoms with Crippen molar-refractivity contribution in [1.82, 2.24) is 0 Å². The van der Waals surface area contributed by atoms with Crippen LogP contribution in [-0.4, -0.2) is 12.7 Å². The highest BCUT2D eigenvalue weighted by atomic mass is 79.9. The van der Waals surface area contributed by atoms with E-state index in [1.165, 1.54) is 6.07 Å². The molecule has 0 bridgehead atoms. The number of aryl methyl sites for hydroxylation is 1. The van der Waals surface area contributed by atoms with Gasteiger partial charge in [0, 0.05) is 11.3 Å². The van der Waals surface area contributed by atoms with Gasteiger partial charge in [0.25, 0.3) is 5.91 Å². The zero-order valence-electron chi connectivity index (χ0n) is 11.1. The van der Waals surface area contributed by atoms with Gasteiger partial charge in [0.2, 0.25) is 6.79 Å². The van der Waals surface area contributed by atoms with E-state index >= 15 is 0 Å². The van der Waals surface area contributed by atoms with Crippen LogP contribution < -0.4 is 14.8 Å². The number of anilines is 1. The fourth-order valence-electron chi connectivity index (χ4n) is 2.01. The molecule has 0 unspecified atom stereocenters. The van der Waals surface area contributed by atoms with E-state index in [0.717, 1.165) is 5.56 Å². The van der Waals surface area contributed by atoms with E-state index in [4.69, 9.17) is 9.47 Å². The zero-order chi connectivity index (χ0) is 15.0. The molecule has 1 aliphatic rings. The lowest BCUT2D eigenvalue weighted by Crippen LogP contribution is -2.13. The minimum atomic E-state index is -0.429. The molecule has 0 saturated heterocycles. The summed E-state index contributed by atoms with van der Waals surface area (Å²) in [5.74, 6) is 0.374. The van der Waals surface area contributed by atoms with Crippen LogP contribution in [0.3, 0.4) is 0 Å². The molecular weight excluding hydrogens is 341 g/mol. The van der Waals surface area contributed by atoms with Crippen molar-refractivity contribution in [2.45, 2.75) is 6.92 Å². The van der Waals surface area contributed by atoms with Crippen LogP contribution in [0.1, 0.15) is 15.9 Å². The quantitative estimate of drug-likeness (QED) is 0.893. The summed E-state index contributed by atoms with van der Waals surface area (Å²) in [4.78, 5) is 12.2.